The van der Waals surface area contributed by atoms with Crippen molar-refractivity contribution in [1.82, 2.24) is 16.2 Å². The molecule has 130 valence electrons. The number of thiocarbonyl (C=S) groups is 1. The normalized spacial score (nSPS) is 10.5. The van der Waals surface area contributed by atoms with Gasteiger partial charge in [-0.15, -0.1) is 11.3 Å². The zero-order valence-corrected chi connectivity index (χ0v) is 17.5. The van der Waals surface area contributed by atoms with E-state index in [4.69, 9.17) is 12.2 Å². The topological polar surface area (TPSA) is 70.2 Å². The molecule has 0 radical (unpaired) electrons. The summed E-state index contributed by atoms with van der Waals surface area (Å²) < 4.78 is 1.79. The molecule has 1 heterocycles. The highest BCUT2D eigenvalue weighted by atomic mass is 79.9. The second kappa shape index (κ2) is 9.81. The lowest BCUT2D eigenvalue weighted by molar-refractivity contribution is -0.121. The van der Waals surface area contributed by atoms with Crippen molar-refractivity contribution < 1.29 is 9.59 Å². The average Bonchev–Trinajstić information content (AvgIpc) is 3.03. The number of hydrogen-bond donors (Lipinski definition) is 3. The van der Waals surface area contributed by atoms with E-state index in [0.29, 0.717) is 0 Å². The summed E-state index contributed by atoms with van der Waals surface area (Å²) in [7, 11) is 0. The Kier molecular flexibility index (Phi) is 7.76. The summed E-state index contributed by atoms with van der Waals surface area (Å²) in [5.41, 5.74) is 5.78. The summed E-state index contributed by atoms with van der Waals surface area (Å²) in [5, 5.41) is 4.37. The van der Waals surface area contributed by atoms with Crippen LogP contribution in [0.1, 0.15) is 10.4 Å². The minimum absolute atomic E-state index is 0.0182. The summed E-state index contributed by atoms with van der Waals surface area (Å²) in [6, 6.07) is 9.39. The van der Waals surface area contributed by atoms with Crippen LogP contribution in [0.3, 0.4) is 0 Å². The molecule has 0 saturated heterocycles. The van der Waals surface area contributed by atoms with Gasteiger partial charge in [0.2, 0.25) is 11.8 Å². The maximum Gasteiger partial charge on any atom is 0.250 e. The van der Waals surface area contributed by atoms with Crippen molar-refractivity contribution in [2.75, 3.05) is 0 Å². The standard InChI is InChI=1S/C16H13Br2N3O2S2/c17-11-6-10(7-12(18)8-11)3-4-14(22)19-16(24)21-20-15(23)9-13-2-1-5-25-13/h1-8H,9H2,(H,20,23)(H2,19,21,22,24). The Morgan fingerprint density at radius 1 is 1.16 bits per heavy atom. The second-order valence-corrected chi connectivity index (χ2v) is 8.06. The molecule has 2 amide bonds. The van der Waals surface area contributed by atoms with Crippen molar-refractivity contribution in [3.8, 4) is 0 Å². The number of carbonyl (C=O) groups is 2. The van der Waals surface area contributed by atoms with Crippen LogP contribution in [0.4, 0.5) is 0 Å². The van der Waals surface area contributed by atoms with Gasteiger partial charge in [0.05, 0.1) is 6.42 Å². The van der Waals surface area contributed by atoms with E-state index in [0.717, 1.165) is 19.4 Å². The first-order valence-electron chi connectivity index (χ1n) is 6.99. The minimum atomic E-state index is -0.402. The number of rotatable bonds is 4. The van der Waals surface area contributed by atoms with Gasteiger partial charge in [0.1, 0.15) is 0 Å². The molecule has 0 aliphatic rings. The molecule has 1 aromatic carbocycles. The van der Waals surface area contributed by atoms with E-state index >= 15 is 0 Å². The fraction of sp³-hybridized carbons (Fsp3) is 0.0625. The van der Waals surface area contributed by atoms with Crippen LogP contribution in [0.25, 0.3) is 6.08 Å². The SMILES string of the molecule is O=C(C=Cc1cc(Br)cc(Br)c1)NC(=S)NNC(=O)Cc1cccs1. The van der Waals surface area contributed by atoms with E-state index < -0.39 is 5.91 Å². The van der Waals surface area contributed by atoms with Gasteiger partial charge >= 0.3 is 0 Å². The highest BCUT2D eigenvalue weighted by Gasteiger charge is 2.06. The first kappa shape index (κ1) is 19.8. The molecule has 25 heavy (non-hydrogen) atoms. The quantitative estimate of drug-likeness (QED) is 0.339. The number of nitrogens with one attached hydrogen (secondary N) is 3. The molecule has 3 N–H and O–H groups in total. The molecule has 0 saturated carbocycles. The molecule has 0 fully saturated rings. The highest BCUT2D eigenvalue weighted by molar-refractivity contribution is 9.11. The van der Waals surface area contributed by atoms with Crippen LogP contribution in [0, 0.1) is 0 Å². The lowest BCUT2D eigenvalue weighted by Gasteiger charge is -2.09. The lowest BCUT2D eigenvalue weighted by atomic mass is 10.2. The molecular formula is C16H13Br2N3O2S2. The Hall–Kier alpha value is -1.55. The third-order valence-corrected chi connectivity index (χ3v) is 4.78. The van der Waals surface area contributed by atoms with Crippen LogP contribution >= 0.6 is 55.4 Å². The second-order valence-electron chi connectivity index (χ2n) is 4.78. The number of halogens is 2. The van der Waals surface area contributed by atoms with Gasteiger partial charge in [-0.2, -0.15) is 0 Å². The molecule has 5 nitrogen and oxygen atoms in total. The molecule has 0 spiro atoms. The number of carbonyl (C=O) groups excluding carboxylic acids is 2. The fourth-order valence-corrected chi connectivity index (χ4v) is 3.95. The molecule has 1 aromatic heterocycles. The molecule has 2 aromatic rings. The molecule has 0 aliphatic heterocycles. The van der Waals surface area contributed by atoms with Crippen LogP contribution in [-0.2, 0) is 16.0 Å². The monoisotopic (exact) mass is 501 g/mol. The van der Waals surface area contributed by atoms with Crippen molar-refractivity contribution in [3.05, 3.63) is 61.2 Å². The maximum absolute atomic E-state index is 11.8. The lowest BCUT2D eigenvalue weighted by Crippen LogP contribution is -2.48. The Morgan fingerprint density at radius 2 is 1.88 bits per heavy atom. The van der Waals surface area contributed by atoms with E-state index in [1.54, 1.807) is 6.08 Å². The zero-order chi connectivity index (χ0) is 18.2. The molecular weight excluding hydrogens is 490 g/mol. The number of hydrazine groups is 1. The van der Waals surface area contributed by atoms with Crippen LogP contribution in [0.2, 0.25) is 0 Å². The molecule has 0 aliphatic carbocycles. The van der Waals surface area contributed by atoms with Gasteiger partial charge in [0, 0.05) is 19.9 Å². The molecule has 0 bridgehead atoms. The predicted molar refractivity (Wildman–Crippen MR) is 111 cm³/mol. The predicted octanol–water partition coefficient (Wildman–Crippen LogP) is 3.55. The van der Waals surface area contributed by atoms with Gasteiger partial charge in [-0.3, -0.25) is 25.8 Å². The van der Waals surface area contributed by atoms with Crippen LogP contribution in [0.5, 0.6) is 0 Å². The van der Waals surface area contributed by atoms with Crippen molar-refractivity contribution in [2.24, 2.45) is 0 Å². The zero-order valence-electron chi connectivity index (χ0n) is 12.7. The van der Waals surface area contributed by atoms with Gasteiger partial charge in [0.25, 0.3) is 0 Å². The fourth-order valence-electron chi connectivity index (χ4n) is 1.77. The molecule has 0 atom stereocenters. The van der Waals surface area contributed by atoms with Gasteiger partial charge in [-0.1, -0.05) is 37.9 Å². The first-order valence-corrected chi connectivity index (χ1v) is 9.86. The largest absolute Gasteiger partial charge is 0.298 e. The van der Waals surface area contributed by atoms with Gasteiger partial charge in [0.15, 0.2) is 5.11 Å². The van der Waals surface area contributed by atoms with Crippen molar-refractivity contribution in [3.63, 3.8) is 0 Å². The number of thiophene rings is 1. The van der Waals surface area contributed by atoms with E-state index in [2.05, 4.69) is 48.0 Å². The van der Waals surface area contributed by atoms with Gasteiger partial charge < -0.3 is 0 Å². The summed E-state index contributed by atoms with van der Waals surface area (Å²) in [5.74, 6) is -0.644. The van der Waals surface area contributed by atoms with Crippen LogP contribution in [-0.4, -0.2) is 16.9 Å². The Labute approximate surface area is 171 Å². The van der Waals surface area contributed by atoms with Crippen LogP contribution < -0.4 is 16.2 Å². The third kappa shape index (κ3) is 7.47. The maximum atomic E-state index is 11.8. The Bertz CT molecular complexity index is 787. The summed E-state index contributed by atoms with van der Waals surface area (Å²) in [4.78, 5) is 24.5. The number of amides is 2. The van der Waals surface area contributed by atoms with Crippen molar-refractivity contribution in [2.45, 2.75) is 6.42 Å². The van der Waals surface area contributed by atoms with E-state index in [1.807, 2.05) is 35.7 Å². The first-order chi connectivity index (χ1) is 11.9. The van der Waals surface area contributed by atoms with Crippen LogP contribution in [0.15, 0.2) is 50.7 Å². The smallest absolute Gasteiger partial charge is 0.250 e. The highest BCUT2D eigenvalue weighted by Crippen LogP contribution is 2.20. The average molecular weight is 503 g/mol. The van der Waals surface area contributed by atoms with E-state index in [1.165, 1.54) is 17.4 Å². The number of benzene rings is 1. The minimum Gasteiger partial charge on any atom is -0.298 e. The third-order valence-electron chi connectivity index (χ3n) is 2.78. The molecule has 0 unspecified atom stereocenters. The van der Waals surface area contributed by atoms with Crippen molar-refractivity contribution in [1.29, 1.82) is 0 Å². The van der Waals surface area contributed by atoms with Gasteiger partial charge in [-0.25, -0.2) is 0 Å². The Morgan fingerprint density at radius 3 is 2.52 bits per heavy atom. The van der Waals surface area contributed by atoms with E-state index in [9.17, 15) is 9.59 Å². The van der Waals surface area contributed by atoms with E-state index in [-0.39, 0.29) is 17.4 Å². The Balaban J connectivity index is 1.76. The van der Waals surface area contributed by atoms with Crippen molar-refractivity contribution >= 4 is 78.4 Å². The number of hydrogen-bond acceptors (Lipinski definition) is 4. The summed E-state index contributed by atoms with van der Waals surface area (Å²) in [6.45, 7) is 0. The summed E-state index contributed by atoms with van der Waals surface area (Å²) in [6.07, 6.45) is 3.26. The molecule has 9 heteroatoms. The summed E-state index contributed by atoms with van der Waals surface area (Å²) >= 11 is 13.2. The van der Waals surface area contributed by atoms with Gasteiger partial charge in [-0.05, 0) is 53.5 Å². The molecule has 2 rings (SSSR count).